The largest absolute Gasteiger partial charge is 0.372 e. The van der Waals surface area contributed by atoms with Crippen molar-refractivity contribution in [1.82, 2.24) is 10.3 Å². The molecule has 1 aromatic rings. The Hall–Kier alpha value is -3.54. The number of nitrogens with one attached hydrogen (secondary N) is 2. The molecule has 1 aromatic heterocycles. The van der Waals surface area contributed by atoms with Crippen molar-refractivity contribution in [3.05, 3.63) is 82.2 Å². The predicted molar refractivity (Wildman–Crippen MR) is 98.3 cm³/mol. The van der Waals surface area contributed by atoms with Crippen LogP contribution >= 0.6 is 0 Å². The summed E-state index contributed by atoms with van der Waals surface area (Å²) in [4.78, 5) is 24.2. The van der Waals surface area contributed by atoms with Crippen molar-refractivity contribution >= 4 is 29.4 Å². The van der Waals surface area contributed by atoms with E-state index >= 15 is 0 Å². The van der Waals surface area contributed by atoms with E-state index in [4.69, 9.17) is 0 Å². The van der Waals surface area contributed by atoms with Crippen molar-refractivity contribution in [1.29, 1.82) is 0 Å². The molecule has 4 aliphatic heterocycles. The van der Waals surface area contributed by atoms with Crippen LogP contribution in [0.25, 0.3) is 12.2 Å². The van der Waals surface area contributed by atoms with E-state index in [1.54, 1.807) is 18.2 Å². The zero-order valence-electron chi connectivity index (χ0n) is 13.5. The molecule has 0 aliphatic carbocycles. The van der Waals surface area contributed by atoms with Gasteiger partial charge in [-0.1, -0.05) is 0 Å². The van der Waals surface area contributed by atoms with Crippen LogP contribution in [0.4, 0.5) is 4.39 Å². The number of rotatable bonds is 0. The average Bonchev–Trinajstić information content (AvgIpc) is 3.34. The minimum atomic E-state index is -0.510. The van der Waals surface area contributed by atoms with Crippen LogP contribution in [0.1, 0.15) is 0 Å². The number of aliphatic imine (C=N–C) groups is 2. The van der Waals surface area contributed by atoms with Crippen LogP contribution in [0.2, 0.25) is 0 Å². The number of nitrogens with zero attached hydrogens (tertiary/aromatic N) is 2. The van der Waals surface area contributed by atoms with E-state index < -0.39 is 6.04 Å². The summed E-state index contributed by atoms with van der Waals surface area (Å²) in [6, 6.07) is 0.901. The van der Waals surface area contributed by atoms with E-state index in [-0.39, 0.29) is 11.6 Å². The van der Waals surface area contributed by atoms with Gasteiger partial charge in [0.2, 0.25) is 0 Å². The van der Waals surface area contributed by atoms with Gasteiger partial charge < -0.3 is 10.3 Å². The molecule has 0 spiro atoms. The van der Waals surface area contributed by atoms with Gasteiger partial charge in [0.1, 0.15) is 11.9 Å². The molecule has 0 aromatic carbocycles. The van der Waals surface area contributed by atoms with E-state index in [0.717, 1.165) is 17.1 Å². The summed E-state index contributed by atoms with van der Waals surface area (Å²) in [5, 5.41) is 4.00. The van der Waals surface area contributed by atoms with Gasteiger partial charge in [0.15, 0.2) is 5.78 Å². The molecule has 126 valence electrons. The molecule has 1 unspecified atom stereocenters. The number of allylic oxidation sites excluding steroid dienone is 6. The van der Waals surface area contributed by atoms with Crippen LogP contribution in [0, 0.1) is 5.82 Å². The maximum absolute atomic E-state index is 14.2. The van der Waals surface area contributed by atoms with Crippen LogP contribution in [0.15, 0.2) is 75.7 Å². The molecule has 0 radical (unpaired) electrons. The van der Waals surface area contributed by atoms with Gasteiger partial charge in [-0.05, 0) is 54.7 Å². The van der Waals surface area contributed by atoms with Crippen LogP contribution < -0.4 is 16.0 Å². The summed E-state index contributed by atoms with van der Waals surface area (Å²) in [6.45, 7) is 0. The van der Waals surface area contributed by atoms with Crippen molar-refractivity contribution in [2.45, 2.75) is 6.04 Å². The monoisotopic (exact) mass is 344 g/mol. The summed E-state index contributed by atoms with van der Waals surface area (Å²) in [6.07, 6.45) is 15.9. The van der Waals surface area contributed by atoms with Gasteiger partial charge in [-0.15, -0.1) is 0 Å². The number of carbonyl (C=O) groups excluding carboxylic acids is 1. The quantitative estimate of drug-likeness (QED) is 0.736. The van der Waals surface area contributed by atoms with E-state index in [1.165, 1.54) is 12.1 Å². The molecule has 0 saturated carbocycles. The third-order valence-electron chi connectivity index (χ3n) is 4.35. The number of halogens is 1. The molecule has 0 amide bonds. The lowest BCUT2D eigenvalue weighted by atomic mass is 10.2. The van der Waals surface area contributed by atoms with E-state index in [1.807, 2.05) is 30.4 Å². The maximum atomic E-state index is 14.2. The van der Waals surface area contributed by atoms with E-state index in [0.29, 0.717) is 22.1 Å². The summed E-state index contributed by atoms with van der Waals surface area (Å²) in [7, 11) is 0. The Morgan fingerprint density at radius 2 is 1.69 bits per heavy atom. The molecular formula is C20H13FN4O. The molecule has 5 rings (SSSR count). The molecule has 8 bridgehead atoms. The van der Waals surface area contributed by atoms with Gasteiger partial charge in [0.25, 0.3) is 0 Å². The molecular weight excluding hydrogens is 331 g/mol. The lowest BCUT2D eigenvalue weighted by Gasteiger charge is -2.06. The topological polar surface area (TPSA) is 69.6 Å². The van der Waals surface area contributed by atoms with Crippen LogP contribution in [0.3, 0.4) is 0 Å². The number of aromatic nitrogens is 1. The molecule has 4 aliphatic rings. The standard InChI is InChI=1S/C20H13FN4O/c21-17-7-15-6-13-2-1-11(22-13)5-12-3-4-14(23-12)8-19-20(26)10-16(25-19)9-18(17)24-15/h1-10,19,24-25H. The van der Waals surface area contributed by atoms with Crippen molar-refractivity contribution in [3.63, 3.8) is 0 Å². The smallest absolute Gasteiger partial charge is 0.183 e. The zero-order valence-corrected chi connectivity index (χ0v) is 13.5. The lowest BCUT2D eigenvalue weighted by Crippen LogP contribution is -2.27. The SMILES string of the molecule is O=C1C=C2C=c3[nH]c(cc3F)=CC3=NC(=CC4=NC(=CC1N2)C=C4)C=C3. The molecule has 5 nitrogen and oxygen atoms in total. The Balaban J connectivity index is 1.70. The zero-order chi connectivity index (χ0) is 17.7. The third kappa shape index (κ3) is 2.61. The second kappa shape index (κ2) is 5.49. The summed E-state index contributed by atoms with van der Waals surface area (Å²) in [5.41, 5.74) is 3.53. The highest BCUT2D eigenvalue weighted by molar-refractivity contribution is 6.19. The van der Waals surface area contributed by atoms with Gasteiger partial charge >= 0.3 is 0 Å². The Kier molecular flexibility index (Phi) is 3.12. The van der Waals surface area contributed by atoms with Gasteiger partial charge in [0.05, 0.1) is 28.2 Å². The summed E-state index contributed by atoms with van der Waals surface area (Å²) >= 11 is 0. The molecule has 6 heteroatoms. The Bertz CT molecular complexity index is 1180. The van der Waals surface area contributed by atoms with Gasteiger partial charge in [-0.3, -0.25) is 4.79 Å². The number of carbonyl (C=O) groups is 1. The van der Waals surface area contributed by atoms with Crippen molar-refractivity contribution in [2.24, 2.45) is 9.98 Å². The highest BCUT2D eigenvalue weighted by atomic mass is 19.1. The van der Waals surface area contributed by atoms with E-state index in [9.17, 15) is 9.18 Å². The lowest BCUT2D eigenvalue weighted by molar-refractivity contribution is -0.114. The second-order valence-corrected chi connectivity index (χ2v) is 6.30. The second-order valence-electron chi connectivity index (χ2n) is 6.30. The maximum Gasteiger partial charge on any atom is 0.183 e. The molecule has 0 fully saturated rings. The first-order valence-corrected chi connectivity index (χ1v) is 8.20. The molecule has 1 atom stereocenters. The van der Waals surface area contributed by atoms with Crippen LogP contribution in [-0.2, 0) is 4.79 Å². The number of aromatic amines is 1. The number of ketones is 1. The Morgan fingerprint density at radius 3 is 2.58 bits per heavy atom. The number of hydrogen-bond donors (Lipinski definition) is 2. The van der Waals surface area contributed by atoms with Crippen molar-refractivity contribution in [3.8, 4) is 0 Å². The molecule has 26 heavy (non-hydrogen) atoms. The number of H-pyrrole nitrogens is 1. The third-order valence-corrected chi connectivity index (χ3v) is 4.35. The molecule has 0 saturated heterocycles. The minimum absolute atomic E-state index is 0.0882. The van der Waals surface area contributed by atoms with Crippen molar-refractivity contribution in [2.75, 3.05) is 0 Å². The Labute approximate surface area is 147 Å². The van der Waals surface area contributed by atoms with Crippen LogP contribution in [0.5, 0.6) is 0 Å². The minimum Gasteiger partial charge on any atom is -0.372 e. The summed E-state index contributed by atoms with van der Waals surface area (Å²) < 4.78 is 14.2. The Morgan fingerprint density at radius 1 is 0.923 bits per heavy atom. The normalized spacial score (nSPS) is 22.7. The number of fused-ring (bicyclic) bond motifs is 6. The number of hydrogen-bond acceptors (Lipinski definition) is 4. The summed E-state index contributed by atoms with van der Waals surface area (Å²) in [5.74, 6) is -0.474. The highest BCUT2D eigenvalue weighted by Gasteiger charge is 2.22. The van der Waals surface area contributed by atoms with Gasteiger partial charge in [-0.2, -0.15) is 0 Å². The highest BCUT2D eigenvalue weighted by Crippen LogP contribution is 2.17. The first kappa shape index (κ1) is 14.8. The van der Waals surface area contributed by atoms with Gasteiger partial charge in [0, 0.05) is 17.1 Å². The fraction of sp³-hybridized carbons (Fsp3) is 0.0500. The predicted octanol–water partition coefficient (Wildman–Crippen LogP) is 0.943. The fourth-order valence-electron chi connectivity index (χ4n) is 3.15. The first-order valence-electron chi connectivity index (χ1n) is 8.20. The average molecular weight is 344 g/mol. The first-order chi connectivity index (χ1) is 12.6. The van der Waals surface area contributed by atoms with E-state index in [2.05, 4.69) is 20.3 Å². The molecule has 2 N–H and O–H groups in total. The van der Waals surface area contributed by atoms with Crippen LogP contribution in [-0.4, -0.2) is 28.2 Å². The van der Waals surface area contributed by atoms with Gasteiger partial charge in [-0.25, -0.2) is 14.4 Å². The fourth-order valence-corrected chi connectivity index (χ4v) is 3.15. The van der Waals surface area contributed by atoms with Crippen molar-refractivity contribution < 1.29 is 9.18 Å². The molecule has 5 heterocycles.